The van der Waals surface area contributed by atoms with E-state index in [1.807, 2.05) is 42.5 Å². The summed E-state index contributed by atoms with van der Waals surface area (Å²) >= 11 is 0. The molecule has 0 aliphatic rings. The molecule has 5 heteroatoms. The molecule has 0 aliphatic heterocycles. The molecular formula is C20H29N3O2. The lowest BCUT2D eigenvalue weighted by Gasteiger charge is -2.20. The van der Waals surface area contributed by atoms with E-state index in [0.717, 1.165) is 24.3 Å². The van der Waals surface area contributed by atoms with Gasteiger partial charge in [-0.15, -0.1) is 0 Å². The average molecular weight is 343 g/mol. The van der Waals surface area contributed by atoms with Crippen molar-refractivity contribution in [2.45, 2.75) is 38.8 Å². The highest BCUT2D eigenvalue weighted by Gasteiger charge is 2.17. The zero-order valence-corrected chi connectivity index (χ0v) is 15.3. The maximum Gasteiger partial charge on any atom is 0.233 e. The Bertz CT molecular complexity index is 618. The number of carbonyl (C=O) groups excluding carboxylic acids is 1. The van der Waals surface area contributed by atoms with Crippen molar-refractivity contribution < 1.29 is 9.21 Å². The van der Waals surface area contributed by atoms with Gasteiger partial charge in [0.1, 0.15) is 5.76 Å². The molecule has 1 heterocycles. The van der Waals surface area contributed by atoms with Crippen molar-refractivity contribution >= 4 is 5.91 Å². The first-order chi connectivity index (χ1) is 12.0. The van der Waals surface area contributed by atoms with Crippen molar-refractivity contribution in [3.05, 3.63) is 60.1 Å². The predicted molar refractivity (Wildman–Crippen MR) is 100 cm³/mol. The predicted octanol–water partition coefficient (Wildman–Crippen LogP) is 2.85. The second kappa shape index (κ2) is 9.39. The van der Waals surface area contributed by atoms with E-state index < -0.39 is 0 Å². The lowest BCUT2D eigenvalue weighted by molar-refractivity contribution is -0.120. The van der Waals surface area contributed by atoms with Gasteiger partial charge in [0.25, 0.3) is 0 Å². The van der Waals surface area contributed by atoms with E-state index >= 15 is 0 Å². The first-order valence-corrected chi connectivity index (χ1v) is 8.79. The maximum absolute atomic E-state index is 12.1. The van der Waals surface area contributed by atoms with Crippen LogP contribution in [0.1, 0.15) is 44.6 Å². The molecule has 2 aromatic rings. The summed E-state index contributed by atoms with van der Waals surface area (Å²) in [7, 11) is 0. The first-order valence-electron chi connectivity index (χ1n) is 8.79. The molecule has 5 nitrogen and oxygen atoms in total. The minimum absolute atomic E-state index is 0.0109. The molecule has 0 spiro atoms. The SMILES string of the molecule is CC(C)(C)NCCCNC(=O)CN[C@@H](c1ccccc1)c1ccco1. The third-order valence-corrected chi connectivity index (χ3v) is 3.76. The third kappa shape index (κ3) is 7.11. The van der Waals surface area contributed by atoms with Crippen molar-refractivity contribution in [1.29, 1.82) is 0 Å². The van der Waals surface area contributed by atoms with E-state index in [1.165, 1.54) is 0 Å². The normalized spacial score (nSPS) is 12.8. The summed E-state index contributed by atoms with van der Waals surface area (Å²) in [4.78, 5) is 12.1. The van der Waals surface area contributed by atoms with Crippen molar-refractivity contribution in [1.82, 2.24) is 16.0 Å². The van der Waals surface area contributed by atoms with Gasteiger partial charge < -0.3 is 15.1 Å². The molecule has 1 aromatic heterocycles. The summed E-state index contributed by atoms with van der Waals surface area (Å²) in [6, 6.07) is 13.6. The number of amides is 1. The molecule has 1 aromatic carbocycles. The van der Waals surface area contributed by atoms with Gasteiger partial charge in [-0.2, -0.15) is 0 Å². The largest absolute Gasteiger partial charge is 0.467 e. The molecule has 0 aliphatic carbocycles. The van der Waals surface area contributed by atoms with E-state index in [9.17, 15) is 4.79 Å². The molecule has 136 valence electrons. The van der Waals surface area contributed by atoms with Crippen LogP contribution in [0.3, 0.4) is 0 Å². The van der Waals surface area contributed by atoms with E-state index in [0.29, 0.717) is 6.54 Å². The van der Waals surface area contributed by atoms with Crippen LogP contribution in [0, 0.1) is 0 Å². The summed E-state index contributed by atoms with van der Waals surface area (Å²) in [6.07, 6.45) is 2.55. The number of carbonyl (C=O) groups is 1. The fraction of sp³-hybridized carbons (Fsp3) is 0.450. The second-order valence-corrected chi connectivity index (χ2v) is 7.12. The molecule has 2 rings (SSSR count). The van der Waals surface area contributed by atoms with Crippen LogP contribution < -0.4 is 16.0 Å². The topological polar surface area (TPSA) is 66.3 Å². The number of nitrogens with one attached hydrogen (secondary N) is 3. The van der Waals surface area contributed by atoms with Crippen LogP contribution >= 0.6 is 0 Å². The van der Waals surface area contributed by atoms with Gasteiger partial charge in [-0.05, 0) is 51.4 Å². The fourth-order valence-electron chi connectivity index (χ4n) is 2.52. The molecule has 0 saturated heterocycles. The molecular weight excluding hydrogens is 314 g/mol. The Kier molecular flexibility index (Phi) is 7.22. The molecule has 0 saturated carbocycles. The van der Waals surface area contributed by atoms with Crippen LogP contribution in [0.25, 0.3) is 0 Å². The molecule has 25 heavy (non-hydrogen) atoms. The highest BCUT2D eigenvalue weighted by molar-refractivity contribution is 5.78. The quantitative estimate of drug-likeness (QED) is 0.613. The van der Waals surface area contributed by atoms with Gasteiger partial charge in [0, 0.05) is 12.1 Å². The monoisotopic (exact) mass is 343 g/mol. The Balaban J connectivity index is 1.78. The third-order valence-electron chi connectivity index (χ3n) is 3.76. The summed E-state index contributed by atoms with van der Waals surface area (Å²) in [6.45, 7) is 8.19. The van der Waals surface area contributed by atoms with E-state index in [-0.39, 0.29) is 24.0 Å². The smallest absolute Gasteiger partial charge is 0.233 e. The van der Waals surface area contributed by atoms with Gasteiger partial charge >= 0.3 is 0 Å². The first kappa shape index (κ1) is 19.2. The Labute approximate surface area is 150 Å². The van der Waals surface area contributed by atoms with E-state index in [1.54, 1.807) is 6.26 Å². The van der Waals surface area contributed by atoms with Crippen molar-refractivity contribution in [3.8, 4) is 0 Å². The lowest BCUT2D eigenvalue weighted by Crippen LogP contribution is -2.39. The van der Waals surface area contributed by atoms with Crippen molar-refractivity contribution in [2.75, 3.05) is 19.6 Å². The fourth-order valence-corrected chi connectivity index (χ4v) is 2.52. The molecule has 3 N–H and O–H groups in total. The Morgan fingerprint density at radius 1 is 1.08 bits per heavy atom. The highest BCUT2D eigenvalue weighted by atomic mass is 16.3. The number of rotatable bonds is 9. The number of benzene rings is 1. The van der Waals surface area contributed by atoms with Gasteiger partial charge in [0.05, 0.1) is 18.8 Å². The van der Waals surface area contributed by atoms with Gasteiger partial charge in [-0.25, -0.2) is 0 Å². The number of furan rings is 1. The van der Waals surface area contributed by atoms with Crippen LogP contribution in [-0.4, -0.2) is 31.1 Å². The van der Waals surface area contributed by atoms with Crippen molar-refractivity contribution in [3.63, 3.8) is 0 Å². The Morgan fingerprint density at radius 2 is 1.84 bits per heavy atom. The molecule has 0 fully saturated rings. The van der Waals surface area contributed by atoms with Crippen LogP contribution in [-0.2, 0) is 4.79 Å². The van der Waals surface area contributed by atoms with Crippen LogP contribution in [0.2, 0.25) is 0 Å². The van der Waals surface area contributed by atoms with Gasteiger partial charge in [-0.3, -0.25) is 10.1 Å². The molecule has 0 radical (unpaired) electrons. The van der Waals surface area contributed by atoms with Gasteiger partial charge in [0.15, 0.2) is 0 Å². The molecule has 0 unspecified atom stereocenters. The maximum atomic E-state index is 12.1. The van der Waals surface area contributed by atoms with E-state index in [4.69, 9.17) is 4.42 Å². The summed E-state index contributed by atoms with van der Waals surface area (Å²) in [5, 5.41) is 9.64. The zero-order chi connectivity index (χ0) is 18.1. The van der Waals surface area contributed by atoms with Crippen LogP contribution in [0.4, 0.5) is 0 Å². The minimum atomic E-state index is -0.135. The standard InChI is InChI=1S/C20H29N3O2/c1-20(2,3)23-13-8-12-21-18(24)15-22-19(17-11-7-14-25-17)16-9-5-4-6-10-16/h4-7,9-11,14,19,22-23H,8,12-13,15H2,1-3H3,(H,21,24)/t19-/m0/s1. The molecule has 1 amide bonds. The van der Waals surface area contributed by atoms with Gasteiger partial charge in [-0.1, -0.05) is 30.3 Å². The van der Waals surface area contributed by atoms with Crippen molar-refractivity contribution in [2.24, 2.45) is 0 Å². The minimum Gasteiger partial charge on any atom is -0.467 e. The van der Waals surface area contributed by atoms with Crippen LogP contribution in [0.15, 0.2) is 53.1 Å². The lowest BCUT2D eigenvalue weighted by atomic mass is 10.0. The molecule has 0 bridgehead atoms. The second-order valence-electron chi connectivity index (χ2n) is 7.12. The summed E-state index contributed by atoms with van der Waals surface area (Å²) in [5.74, 6) is 0.789. The van der Waals surface area contributed by atoms with Crippen LogP contribution in [0.5, 0.6) is 0 Å². The highest BCUT2D eigenvalue weighted by Crippen LogP contribution is 2.21. The number of hydrogen-bond donors (Lipinski definition) is 3. The Hall–Kier alpha value is -2.11. The Morgan fingerprint density at radius 3 is 2.48 bits per heavy atom. The zero-order valence-electron chi connectivity index (χ0n) is 15.3. The number of hydrogen-bond acceptors (Lipinski definition) is 4. The molecule has 1 atom stereocenters. The summed E-state index contributed by atoms with van der Waals surface area (Å²) < 4.78 is 5.52. The average Bonchev–Trinajstić information content (AvgIpc) is 3.09. The van der Waals surface area contributed by atoms with Gasteiger partial charge in [0.2, 0.25) is 5.91 Å². The van der Waals surface area contributed by atoms with E-state index in [2.05, 4.69) is 36.7 Å². The summed E-state index contributed by atoms with van der Waals surface area (Å²) in [5.41, 5.74) is 1.18.